The van der Waals surface area contributed by atoms with Crippen LogP contribution in [0.1, 0.15) is 24.0 Å². The SMILES string of the molecule is COC(=O)C=CC(=O)N(O)CCCCNCc1ccc(COC(=O)Nc2cccc3ccccc23)cc1. The minimum atomic E-state index is -0.673. The van der Waals surface area contributed by atoms with E-state index in [9.17, 15) is 19.6 Å². The molecular formula is C28H31N3O6. The maximum atomic E-state index is 12.3. The quantitative estimate of drug-likeness (QED) is 0.110. The molecule has 0 saturated heterocycles. The molecule has 37 heavy (non-hydrogen) atoms. The highest BCUT2D eigenvalue weighted by Gasteiger charge is 2.08. The molecule has 9 heteroatoms. The highest BCUT2D eigenvalue weighted by atomic mass is 16.5. The lowest BCUT2D eigenvalue weighted by Crippen LogP contribution is -2.27. The molecule has 3 aromatic carbocycles. The first-order valence-corrected chi connectivity index (χ1v) is 11.9. The molecule has 0 atom stereocenters. The summed E-state index contributed by atoms with van der Waals surface area (Å²) in [5.41, 5.74) is 2.67. The first-order chi connectivity index (χ1) is 18.0. The van der Waals surface area contributed by atoms with Gasteiger partial charge < -0.3 is 14.8 Å². The van der Waals surface area contributed by atoms with Crippen molar-refractivity contribution in [2.75, 3.05) is 25.5 Å². The molecule has 0 heterocycles. The van der Waals surface area contributed by atoms with E-state index in [4.69, 9.17) is 4.74 Å². The van der Waals surface area contributed by atoms with E-state index >= 15 is 0 Å². The Bertz CT molecular complexity index is 1220. The van der Waals surface area contributed by atoms with E-state index in [2.05, 4.69) is 15.4 Å². The number of hydrogen-bond acceptors (Lipinski definition) is 7. The average molecular weight is 506 g/mol. The average Bonchev–Trinajstić information content (AvgIpc) is 2.92. The fourth-order valence-corrected chi connectivity index (χ4v) is 3.53. The Labute approximate surface area is 215 Å². The van der Waals surface area contributed by atoms with Crippen LogP contribution in [-0.2, 0) is 32.2 Å². The predicted molar refractivity (Wildman–Crippen MR) is 140 cm³/mol. The van der Waals surface area contributed by atoms with Crippen LogP contribution in [0.2, 0.25) is 0 Å². The Kier molecular flexibility index (Phi) is 10.6. The third-order valence-electron chi connectivity index (χ3n) is 5.54. The molecular weight excluding hydrogens is 474 g/mol. The van der Waals surface area contributed by atoms with E-state index in [0.717, 1.165) is 40.5 Å². The zero-order chi connectivity index (χ0) is 26.5. The van der Waals surface area contributed by atoms with Crippen LogP contribution in [-0.4, -0.2) is 48.4 Å². The number of hydrogen-bond donors (Lipinski definition) is 3. The van der Waals surface area contributed by atoms with Crippen LogP contribution in [0.15, 0.2) is 78.9 Å². The summed E-state index contributed by atoms with van der Waals surface area (Å²) in [4.78, 5) is 34.9. The fraction of sp³-hybridized carbons (Fsp3) is 0.250. The number of methoxy groups -OCH3 is 1. The van der Waals surface area contributed by atoms with Crippen LogP contribution < -0.4 is 10.6 Å². The molecule has 9 nitrogen and oxygen atoms in total. The van der Waals surface area contributed by atoms with Gasteiger partial charge in [0.25, 0.3) is 5.91 Å². The number of fused-ring (bicyclic) bond motifs is 1. The molecule has 2 amide bonds. The summed E-state index contributed by atoms with van der Waals surface area (Å²) in [6.07, 6.45) is 2.77. The first-order valence-electron chi connectivity index (χ1n) is 11.9. The third-order valence-corrected chi connectivity index (χ3v) is 5.54. The Morgan fingerprint density at radius 2 is 1.65 bits per heavy atom. The number of anilines is 1. The number of nitrogens with one attached hydrogen (secondary N) is 2. The van der Waals surface area contributed by atoms with Gasteiger partial charge in [-0.15, -0.1) is 0 Å². The van der Waals surface area contributed by atoms with Gasteiger partial charge >= 0.3 is 12.1 Å². The van der Waals surface area contributed by atoms with E-state index in [-0.39, 0.29) is 13.2 Å². The smallest absolute Gasteiger partial charge is 0.411 e. The van der Waals surface area contributed by atoms with Gasteiger partial charge in [-0.3, -0.25) is 15.3 Å². The zero-order valence-corrected chi connectivity index (χ0v) is 20.7. The minimum Gasteiger partial charge on any atom is -0.466 e. The van der Waals surface area contributed by atoms with Gasteiger partial charge in [0.05, 0.1) is 12.8 Å². The maximum Gasteiger partial charge on any atom is 0.411 e. The van der Waals surface area contributed by atoms with Crippen molar-refractivity contribution in [3.8, 4) is 0 Å². The molecule has 0 unspecified atom stereocenters. The molecule has 0 aliphatic rings. The van der Waals surface area contributed by atoms with E-state index < -0.39 is 18.0 Å². The van der Waals surface area contributed by atoms with E-state index in [0.29, 0.717) is 30.3 Å². The van der Waals surface area contributed by atoms with Crippen molar-refractivity contribution in [2.45, 2.75) is 26.0 Å². The standard InChI is InChI=1S/C28H31N3O6/c1-36-27(33)16-15-26(32)31(35)18-5-4-17-29-19-21-11-13-22(14-12-21)20-37-28(34)30-25-10-6-8-23-7-2-3-9-24(23)25/h2-3,6-16,29,35H,4-5,17-20H2,1H3,(H,30,34). The van der Waals surface area contributed by atoms with Gasteiger partial charge in [0.2, 0.25) is 0 Å². The molecule has 3 aromatic rings. The number of rotatable bonds is 12. The monoisotopic (exact) mass is 505 g/mol. The van der Waals surface area contributed by atoms with E-state index in [1.807, 2.05) is 66.7 Å². The van der Waals surface area contributed by atoms with Crippen LogP contribution in [0.5, 0.6) is 0 Å². The van der Waals surface area contributed by atoms with Gasteiger partial charge in [-0.25, -0.2) is 14.7 Å². The molecule has 0 aromatic heterocycles. The lowest BCUT2D eigenvalue weighted by atomic mass is 10.1. The maximum absolute atomic E-state index is 12.3. The highest BCUT2D eigenvalue weighted by molar-refractivity contribution is 6.00. The van der Waals surface area contributed by atoms with Gasteiger partial charge in [0, 0.05) is 30.6 Å². The number of amides is 2. The van der Waals surface area contributed by atoms with Gasteiger partial charge in [0.15, 0.2) is 0 Å². The molecule has 0 spiro atoms. The third kappa shape index (κ3) is 9.06. The van der Waals surface area contributed by atoms with Gasteiger partial charge in [0.1, 0.15) is 6.61 Å². The summed E-state index contributed by atoms with van der Waals surface area (Å²) in [7, 11) is 1.21. The first kappa shape index (κ1) is 27.4. The van der Waals surface area contributed by atoms with Crippen LogP contribution >= 0.6 is 0 Å². The van der Waals surface area contributed by atoms with Crippen LogP contribution in [0.25, 0.3) is 10.8 Å². The predicted octanol–water partition coefficient (Wildman–Crippen LogP) is 4.41. The van der Waals surface area contributed by atoms with Crippen LogP contribution in [0, 0.1) is 0 Å². The molecule has 0 radical (unpaired) electrons. The van der Waals surface area contributed by atoms with Gasteiger partial charge in [-0.1, -0.05) is 60.7 Å². The molecule has 0 aliphatic heterocycles. The fourth-order valence-electron chi connectivity index (χ4n) is 3.53. The summed E-state index contributed by atoms with van der Waals surface area (Å²) in [5, 5.41) is 18.4. The van der Waals surface area contributed by atoms with Crippen molar-refractivity contribution in [3.63, 3.8) is 0 Å². The van der Waals surface area contributed by atoms with Gasteiger partial charge in [-0.05, 0) is 42.0 Å². The second kappa shape index (κ2) is 14.4. The number of carbonyl (C=O) groups excluding carboxylic acids is 3. The minimum absolute atomic E-state index is 0.162. The molecule has 0 bridgehead atoms. The van der Waals surface area contributed by atoms with Crippen molar-refractivity contribution in [1.29, 1.82) is 0 Å². The normalized spacial score (nSPS) is 10.9. The van der Waals surface area contributed by atoms with Crippen molar-refractivity contribution < 1.29 is 29.1 Å². The Balaban J connectivity index is 1.31. The number of esters is 1. The van der Waals surface area contributed by atoms with Crippen molar-refractivity contribution in [3.05, 3.63) is 90.0 Å². The number of benzene rings is 3. The summed E-state index contributed by atoms with van der Waals surface area (Å²) in [6, 6.07) is 21.3. The number of carbonyl (C=O) groups is 3. The van der Waals surface area contributed by atoms with Crippen molar-refractivity contribution in [2.24, 2.45) is 0 Å². The van der Waals surface area contributed by atoms with Crippen molar-refractivity contribution >= 4 is 34.4 Å². The summed E-state index contributed by atoms with van der Waals surface area (Å²) in [5.74, 6) is -1.33. The zero-order valence-electron chi connectivity index (χ0n) is 20.7. The van der Waals surface area contributed by atoms with E-state index in [1.54, 1.807) is 0 Å². The molecule has 3 rings (SSSR count). The number of ether oxygens (including phenoxy) is 2. The molecule has 0 saturated carbocycles. The van der Waals surface area contributed by atoms with Crippen LogP contribution in [0.4, 0.5) is 10.5 Å². The molecule has 3 N–H and O–H groups in total. The lowest BCUT2D eigenvalue weighted by Gasteiger charge is -2.12. The summed E-state index contributed by atoms with van der Waals surface area (Å²) < 4.78 is 9.77. The Hall–Kier alpha value is -4.21. The van der Waals surface area contributed by atoms with Crippen molar-refractivity contribution in [1.82, 2.24) is 10.4 Å². The Morgan fingerprint density at radius 1 is 0.919 bits per heavy atom. The highest BCUT2D eigenvalue weighted by Crippen LogP contribution is 2.23. The molecule has 194 valence electrons. The van der Waals surface area contributed by atoms with Crippen LogP contribution in [0.3, 0.4) is 0 Å². The number of hydroxylamine groups is 2. The summed E-state index contributed by atoms with van der Waals surface area (Å²) in [6.45, 7) is 1.69. The largest absolute Gasteiger partial charge is 0.466 e. The number of unbranched alkanes of at least 4 members (excludes halogenated alkanes) is 1. The topological polar surface area (TPSA) is 117 Å². The lowest BCUT2D eigenvalue weighted by molar-refractivity contribution is -0.159. The molecule has 0 aliphatic carbocycles. The second-order valence-electron chi connectivity index (χ2n) is 8.25. The molecule has 0 fully saturated rings. The summed E-state index contributed by atoms with van der Waals surface area (Å²) >= 11 is 0. The second-order valence-corrected chi connectivity index (χ2v) is 8.25. The van der Waals surface area contributed by atoms with Gasteiger partial charge in [-0.2, -0.15) is 0 Å². The Morgan fingerprint density at radius 3 is 2.43 bits per heavy atom. The number of nitrogens with zero attached hydrogens (tertiary/aromatic N) is 1. The van der Waals surface area contributed by atoms with E-state index in [1.165, 1.54) is 7.11 Å².